The summed E-state index contributed by atoms with van der Waals surface area (Å²) in [5.74, 6) is 0.0188. The molecule has 1 atom stereocenters. The summed E-state index contributed by atoms with van der Waals surface area (Å²) in [4.78, 5) is 23.3. The molecule has 24 heavy (non-hydrogen) atoms. The number of nitrogens with one attached hydrogen (secondary N) is 2. The smallest absolute Gasteiger partial charge is 0.258 e. The molecular weight excluding hydrogens is 372 g/mol. The summed E-state index contributed by atoms with van der Waals surface area (Å²) in [5.41, 5.74) is 1.53. The minimum absolute atomic E-state index is 0.134. The van der Waals surface area contributed by atoms with Crippen LogP contribution < -0.4 is 15.4 Å². The molecule has 0 bridgehead atoms. The van der Waals surface area contributed by atoms with Crippen LogP contribution in [0.2, 0.25) is 0 Å². The average Bonchev–Trinajstić information content (AvgIpc) is 2.54. The van der Waals surface area contributed by atoms with Crippen molar-refractivity contribution in [3.8, 4) is 5.75 Å². The van der Waals surface area contributed by atoms with E-state index in [1.165, 1.54) is 6.92 Å². The molecule has 0 spiro atoms. The standard InChI is InChI=1S/C18H19BrN2O3/c1-12(14-7-3-4-8-15(14)19)20-18(23)11-24-17-10-6-5-9-16(17)21-13(2)22/h3-10,12H,11H2,1-2H3,(H,20,23)(H,21,22)/t12-/m1/s1. The quantitative estimate of drug-likeness (QED) is 0.790. The van der Waals surface area contributed by atoms with Crippen LogP contribution >= 0.6 is 15.9 Å². The second-order valence-corrected chi connectivity index (χ2v) is 6.13. The highest BCUT2D eigenvalue weighted by atomic mass is 79.9. The fourth-order valence-corrected chi connectivity index (χ4v) is 2.84. The number of carbonyl (C=O) groups excluding carboxylic acids is 2. The molecule has 2 aromatic carbocycles. The Morgan fingerprint density at radius 3 is 2.50 bits per heavy atom. The van der Waals surface area contributed by atoms with E-state index < -0.39 is 0 Å². The minimum Gasteiger partial charge on any atom is -0.482 e. The Kier molecular flexibility index (Phi) is 6.37. The van der Waals surface area contributed by atoms with Gasteiger partial charge in [-0.15, -0.1) is 0 Å². The Morgan fingerprint density at radius 2 is 1.79 bits per heavy atom. The van der Waals surface area contributed by atoms with Gasteiger partial charge in [-0.25, -0.2) is 0 Å². The molecule has 2 rings (SSSR count). The third-order valence-corrected chi connectivity index (χ3v) is 4.03. The summed E-state index contributed by atoms with van der Waals surface area (Å²) in [7, 11) is 0. The number of carbonyl (C=O) groups is 2. The zero-order valence-corrected chi connectivity index (χ0v) is 15.1. The molecule has 5 nitrogen and oxygen atoms in total. The number of anilines is 1. The van der Waals surface area contributed by atoms with Crippen molar-refractivity contribution in [3.05, 3.63) is 58.6 Å². The van der Waals surface area contributed by atoms with Gasteiger partial charge in [-0.05, 0) is 30.7 Å². The third kappa shape index (κ3) is 5.09. The fraction of sp³-hybridized carbons (Fsp3) is 0.222. The Labute approximate surface area is 149 Å². The second-order valence-electron chi connectivity index (χ2n) is 5.28. The molecule has 0 aromatic heterocycles. The van der Waals surface area contributed by atoms with Gasteiger partial charge in [-0.3, -0.25) is 9.59 Å². The van der Waals surface area contributed by atoms with Crippen LogP contribution in [0.3, 0.4) is 0 Å². The van der Waals surface area contributed by atoms with E-state index in [0.717, 1.165) is 10.0 Å². The van der Waals surface area contributed by atoms with Crippen molar-refractivity contribution < 1.29 is 14.3 Å². The van der Waals surface area contributed by atoms with E-state index in [9.17, 15) is 9.59 Å². The molecule has 0 saturated carbocycles. The number of hydrogen-bond acceptors (Lipinski definition) is 3. The second kappa shape index (κ2) is 8.49. The van der Waals surface area contributed by atoms with E-state index in [1.807, 2.05) is 31.2 Å². The van der Waals surface area contributed by atoms with Crippen molar-refractivity contribution in [1.29, 1.82) is 0 Å². The van der Waals surface area contributed by atoms with Gasteiger partial charge in [-0.1, -0.05) is 46.3 Å². The lowest BCUT2D eigenvalue weighted by molar-refractivity contribution is -0.123. The lowest BCUT2D eigenvalue weighted by Gasteiger charge is -2.17. The molecule has 126 valence electrons. The predicted molar refractivity (Wildman–Crippen MR) is 96.9 cm³/mol. The monoisotopic (exact) mass is 390 g/mol. The van der Waals surface area contributed by atoms with Crippen LogP contribution in [0.1, 0.15) is 25.5 Å². The van der Waals surface area contributed by atoms with Crippen LogP contribution in [-0.4, -0.2) is 18.4 Å². The van der Waals surface area contributed by atoms with Crippen molar-refractivity contribution >= 4 is 33.4 Å². The lowest BCUT2D eigenvalue weighted by atomic mass is 10.1. The van der Waals surface area contributed by atoms with Crippen LogP contribution in [0.25, 0.3) is 0 Å². The molecule has 0 heterocycles. The SMILES string of the molecule is CC(=O)Nc1ccccc1OCC(=O)N[C@H](C)c1ccccc1Br. The first-order valence-corrected chi connectivity index (χ1v) is 8.30. The first-order valence-electron chi connectivity index (χ1n) is 7.50. The van der Waals surface area contributed by atoms with E-state index in [4.69, 9.17) is 4.74 Å². The molecule has 0 aliphatic carbocycles. The summed E-state index contributed by atoms with van der Waals surface area (Å²) in [5, 5.41) is 5.56. The van der Waals surface area contributed by atoms with Gasteiger partial charge in [0.25, 0.3) is 5.91 Å². The summed E-state index contributed by atoms with van der Waals surface area (Å²) >= 11 is 3.47. The topological polar surface area (TPSA) is 67.4 Å². The number of benzene rings is 2. The number of rotatable bonds is 6. The van der Waals surface area contributed by atoms with E-state index in [0.29, 0.717) is 11.4 Å². The van der Waals surface area contributed by atoms with Crippen molar-refractivity contribution in [2.75, 3.05) is 11.9 Å². The predicted octanol–water partition coefficient (Wildman–Crippen LogP) is 3.66. The number of halogens is 1. The van der Waals surface area contributed by atoms with Gasteiger partial charge in [0.15, 0.2) is 6.61 Å². The van der Waals surface area contributed by atoms with Gasteiger partial charge in [0.2, 0.25) is 5.91 Å². The van der Waals surface area contributed by atoms with Crippen LogP contribution in [-0.2, 0) is 9.59 Å². The van der Waals surface area contributed by atoms with Gasteiger partial charge in [0, 0.05) is 11.4 Å². The molecule has 0 unspecified atom stereocenters. The minimum atomic E-state index is -0.240. The van der Waals surface area contributed by atoms with Crippen LogP contribution in [0.15, 0.2) is 53.0 Å². The zero-order valence-electron chi connectivity index (χ0n) is 13.5. The van der Waals surface area contributed by atoms with E-state index in [-0.39, 0.29) is 24.5 Å². The Hall–Kier alpha value is -2.34. The largest absolute Gasteiger partial charge is 0.482 e. The first-order chi connectivity index (χ1) is 11.5. The summed E-state index contributed by atoms with van der Waals surface area (Å²) in [6.07, 6.45) is 0. The van der Waals surface area contributed by atoms with Crippen molar-refractivity contribution in [2.45, 2.75) is 19.9 Å². The van der Waals surface area contributed by atoms with Crippen LogP contribution in [0, 0.1) is 0 Å². The van der Waals surface area contributed by atoms with E-state index in [2.05, 4.69) is 26.6 Å². The molecule has 2 aromatic rings. The Bertz CT molecular complexity index is 734. The highest BCUT2D eigenvalue weighted by Gasteiger charge is 2.13. The van der Waals surface area contributed by atoms with Crippen molar-refractivity contribution in [1.82, 2.24) is 5.32 Å². The van der Waals surface area contributed by atoms with Crippen molar-refractivity contribution in [2.24, 2.45) is 0 Å². The molecule has 0 saturated heterocycles. The Balaban J connectivity index is 1.94. The fourth-order valence-electron chi connectivity index (χ4n) is 2.22. The van der Waals surface area contributed by atoms with Crippen molar-refractivity contribution in [3.63, 3.8) is 0 Å². The van der Waals surface area contributed by atoms with E-state index in [1.54, 1.807) is 24.3 Å². The van der Waals surface area contributed by atoms with Crippen LogP contribution in [0.5, 0.6) is 5.75 Å². The zero-order chi connectivity index (χ0) is 17.5. The van der Waals surface area contributed by atoms with Gasteiger partial charge in [0.1, 0.15) is 5.75 Å². The number of ether oxygens (including phenoxy) is 1. The molecule has 0 aliphatic rings. The summed E-state index contributed by atoms with van der Waals surface area (Å²) < 4.78 is 6.47. The molecule has 0 radical (unpaired) electrons. The normalized spacial score (nSPS) is 11.5. The number of para-hydroxylation sites is 2. The molecule has 2 N–H and O–H groups in total. The maximum absolute atomic E-state index is 12.1. The summed E-state index contributed by atoms with van der Waals surface area (Å²) in [6, 6.07) is 14.6. The van der Waals surface area contributed by atoms with Gasteiger partial charge in [-0.2, -0.15) is 0 Å². The van der Waals surface area contributed by atoms with Gasteiger partial charge in [0.05, 0.1) is 11.7 Å². The molecule has 0 aliphatic heterocycles. The Morgan fingerprint density at radius 1 is 1.12 bits per heavy atom. The molecule has 6 heteroatoms. The molecule has 2 amide bonds. The molecule has 0 fully saturated rings. The van der Waals surface area contributed by atoms with Gasteiger partial charge >= 0.3 is 0 Å². The van der Waals surface area contributed by atoms with E-state index >= 15 is 0 Å². The molecular formula is C18H19BrN2O3. The highest BCUT2D eigenvalue weighted by molar-refractivity contribution is 9.10. The first kappa shape index (κ1) is 18.0. The highest BCUT2D eigenvalue weighted by Crippen LogP contribution is 2.24. The third-order valence-electron chi connectivity index (χ3n) is 3.31. The maximum atomic E-state index is 12.1. The number of hydrogen-bond donors (Lipinski definition) is 2. The average molecular weight is 391 g/mol. The number of amides is 2. The lowest BCUT2D eigenvalue weighted by Crippen LogP contribution is -2.31. The maximum Gasteiger partial charge on any atom is 0.258 e. The van der Waals surface area contributed by atoms with Gasteiger partial charge < -0.3 is 15.4 Å². The van der Waals surface area contributed by atoms with Crippen LogP contribution in [0.4, 0.5) is 5.69 Å². The summed E-state index contributed by atoms with van der Waals surface area (Å²) in [6.45, 7) is 3.19.